The van der Waals surface area contributed by atoms with E-state index in [1.54, 1.807) is 31.4 Å². The van der Waals surface area contributed by atoms with Gasteiger partial charge in [0.25, 0.3) is 15.9 Å². The molecule has 0 spiro atoms. The van der Waals surface area contributed by atoms with Crippen molar-refractivity contribution in [3.63, 3.8) is 0 Å². The molecule has 0 unspecified atom stereocenters. The minimum atomic E-state index is -3.99. The number of methoxy groups -OCH3 is 1. The quantitative estimate of drug-likeness (QED) is 0.820. The Kier molecular flexibility index (Phi) is 5.46. The minimum Gasteiger partial charge on any atom is -0.497 e. The third-order valence-electron chi connectivity index (χ3n) is 3.66. The fraction of sp³-hybridized carbons (Fsp3) is 0.105. The van der Waals surface area contributed by atoms with Crippen LogP contribution in [0.2, 0.25) is 0 Å². The Labute approximate surface area is 156 Å². The molecule has 0 aromatic heterocycles. The smallest absolute Gasteiger partial charge is 0.264 e. The van der Waals surface area contributed by atoms with Gasteiger partial charge in [-0.05, 0) is 60.7 Å². The maximum Gasteiger partial charge on any atom is 0.264 e. The van der Waals surface area contributed by atoms with Crippen molar-refractivity contribution in [3.8, 4) is 17.2 Å². The first-order valence-corrected chi connectivity index (χ1v) is 9.44. The van der Waals surface area contributed by atoms with Crippen molar-refractivity contribution in [2.75, 3.05) is 13.7 Å². The Bertz CT molecular complexity index is 976. The van der Waals surface area contributed by atoms with E-state index in [-0.39, 0.29) is 17.1 Å². The van der Waals surface area contributed by atoms with Crippen molar-refractivity contribution in [1.82, 2.24) is 4.72 Å². The summed E-state index contributed by atoms with van der Waals surface area (Å²) in [5.74, 6) is 1.03. The number of amides is 1. The number of rotatable bonds is 6. The summed E-state index contributed by atoms with van der Waals surface area (Å²) in [6, 6.07) is 12.7. The zero-order valence-corrected chi connectivity index (χ0v) is 15.2. The maximum absolute atomic E-state index is 12.4. The highest BCUT2D eigenvalue weighted by molar-refractivity contribution is 7.90. The lowest BCUT2D eigenvalue weighted by atomic mass is 10.2. The average molecular weight is 387 g/mol. The second kappa shape index (κ2) is 7.96. The Balaban J connectivity index is 1.68. The molecular formula is C19H17NO6S. The van der Waals surface area contributed by atoms with Crippen LogP contribution in [0.4, 0.5) is 0 Å². The van der Waals surface area contributed by atoms with Gasteiger partial charge in [-0.25, -0.2) is 13.1 Å². The highest BCUT2D eigenvalue weighted by atomic mass is 32.2. The van der Waals surface area contributed by atoms with Crippen LogP contribution in [0.15, 0.2) is 77.4 Å². The number of sulfonamides is 1. The molecule has 2 aromatic rings. The normalized spacial score (nSPS) is 13.3. The van der Waals surface area contributed by atoms with E-state index >= 15 is 0 Å². The second-order valence-electron chi connectivity index (χ2n) is 5.48. The molecule has 0 atom stereocenters. The lowest BCUT2D eigenvalue weighted by Crippen LogP contribution is -2.31. The molecule has 27 heavy (non-hydrogen) atoms. The molecule has 1 aliphatic heterocycles. The van der Waals surface area contributed by atoms with Crippen molar-refractivity contribution < 1.29 is 27.4 Å². The summed E-state index contributed by atoms with van der Waals surface area (Å²) < 4.78 is 42.4. The first kappa shape index (κ1) is 18.5. The van der Waals surface area contributed by atoms with Crippen molar-refractivity contribution >= 4 is 15.9 Å². The first-order valence-electron chi connectivity index (χ1n) is 7.95. The Morgan fingerprint density at radius 3 is 2.15 bits per heavy atom. The SMILES string of the molecule is COc1ccc(Oc2ccc(S(=O)(=O)NC(=O)C3=CCOC=C3)cc2)cc1. The average Bonchev–Trinajstić information content (AvgIpc) is 2.69. The van der Waals surface area contributed by atoms with Gasteiger partial charge in [0, 0.05) is 5.57 Å². The zero-order chi connectivity index (χ0) is 19.3. The van der Waals surface area contributed by atoms with E-state index in [0.717, 1.165) is 0 Å². The van der Waals surface area contributed by atoms with E-state index in [2.05, 4.69) is 0 Å². The van der Waals surface area contributed by atoms with E-state index in [1.165, 1.54) is 42.7 Å². The second-order valence-corrected chi connectivity index (χ2v) is 7.16. The van der Waals surface area contributed by atoms with Crippen molar-refractivity contribution in [1.29, 1.82) is 0 Å². The summed E-state index contributed by atoms with van der Waals surface area (Å²) in [7, 11) is -2.42. The maximum atomic E-state index is 12.4. The van der Waals surface area contributed by atoms with Gasteiger partial charge in [-0.1, -0.05) is 0 Å². The summed E-state index contributed by atoms with van der Waals surface area (Å²) in [4.78, 5) is 12.0. The number of benzene rings is 2. The van der Waals surface area contributed by atoms with Crippen molar-refractivity contribution in [3.05, 3.63) is 72.5 Å². The van der Waals surface area contributed by atoms with Crippen LogP contribution < -0.4 is 14.2 Å². The highest BCUT2D eigenvalue weighted by Gasteiger charge is 2.20. The number of carbonyl (C=O) groups is 1. The lowest BCUT2D eigenvalue weighted by molar-refractivity contribution is -0.115. The van der Waals surface area contributed by atoms with Crippen LogP contribution in [-0.2, 0) is 19.6 Å². The Morgan fingerprint density at radius 2 is 1.59 bits per heavy atom. The van der Waals surface area contributed by atoms with E-state index < -0.39 is 15.9 Å². The van der Waals surface area contributed by atoms with Gasteiger partial charge >= 0.3 is 0 Å². The predicted molar refractivity (Wildman–Crippen MR) is 98.0 cm³/mol. The van der Waals surface area contributed by atoms with Gasteiger partial charge < -0.3 is 14.2 Å². The number of carbonyl (C=O) groups excluding carboxylic acids is 1. The van der Waals surface area contributed by atoms with Gasteiger partial charge in [0.15, 0.2) is 0 Å². The summed E-state index contributed by atoms with van der Waals surface area (Å²) >= 11 is 0. The van der Waals surface area contributed by atoms with Gasteiger partial charge in [0.05, 0.1) is 18.3 Å². The molecule has 3 rings (SSSR count). The molecule has 0 saturated carbocycles. The highest BCUT2D eigenvalue weighted by Crippen LogP contribution is 2.25. The summed E-state index contributed by atoms with van der Waals surface area (Å²) in [5, 5.41) is 0. The zero-order valence-electron chi connectivity index (χ0n) is 14.4. The summed E-state index contributed by atoms with van der Waals surface area (Å²) in [5.41, 5.74) is 0.226. The molecule has 0 radical (unpaired) electrons. The van der Waals surface area contributed by atoms with Crippen LogP contribution in [-0.4, -0.2) is 28.0 Å². The summed E-state index contributed by atoms with van der Waals surface area (Å²) in [6.45, 7) is 0.219. The fourth-order valence-corrected chi connectivity index (χ4v) is 3.23. The van der Waals surface area contributed by atoms with Gasteiger partial charge in [0.1, 0.15) is 23.9 Å². The minimum absolute atomic E-state index is 0.0467. The number of hydrogen-bond donors (Lipinski definition) is 1. The van der Waals surface area contributed by atoms with Gasteiger partial charge in [0.2, 0.25) is 0 Å². The number of nitrogens with one attached hydrogen (secondary N) is 1. The third kappa shape index (κ3) is 4.68. The molecule has 2 aromatic carbocycles. The molecule has 1 heterocycles. The van der Waals surface area contributed by atoms with Gasteiger partial charge in [-0.2, -0.15) is 0 Å². The van der Waals surface area contributed by atoms with E-state index in [0.29, 0.717) is 17.2 Å². The topological polar surface area (TPSA) is 90.9 Å². The Morgan fingerprint density at radius 1 is 1.00 bits per heavy atom. The van der Waals surface area contributed by atoms with Crippen LogP contribution in [0.25, 0.3) is 0 Å². The molecule has 1 amide bonds. The molecule has 0 aliphatic carbocycles. The first-order chi connectivity index (χ1) is 13.0. The molecule has 1 aliphatic rings. The Hall–Kier alpha value is -3.26. The van der Waals surface area contributed by atoms with E-state index in [9.17, 15) is 13.2 Å². The van der Waals surface area contributed by atoms with Crippen molar-refractivity contribution in [2.24, 2.45) is 0 Å². The van der Waals surface area contributed by atoms with E-state index in [1.807, 2.05) is 4.72 Å². The monoisotopic (exact) mass is 387 g/mol. The van der Waals surface area contributed by atoms with Crippen LogP contribution in [0.3, 0.4) is 0 Å². The molecule has 8 heteroatoms. The van der Waals surface area contributed by atoms with Crippen LogP contribution in [0.1, 0.15) is 0 Å². The number of hydrogen-bond acceptors (Lipinski definition) is 6. The van der Waals surface area contributed by atoms with Crippen LogP contribution >= 0.6 is 0 Å². The van der Waals surface area contributed by atoms with Gasteiger partial charge in [-0.15, -0.1) is 0 Å². The molecular weight excluding hydrogens is 370 g/mol. The number of ether oxygens (including phenoxy) is 3. The summed E-state index contributed by atoms with van der Waals surface area (Å²) in [6.07, 6.45) is 4.24. The molecule has 0 saturated heterocycles. The standard InChI is InChI=1S/C19H17NO6S/c1-24-15-2-4-16(5-3-15)26-17-6-8-18(9-7-17)27(22,23)20-19(21)14-10-12-25-13-11-14/h2-12H,13H2,1H3,(H,20,21). The predicted octanol–water partition coefficient (Wildman–Crippen LogP) is 2.76. The van der Waals surface area contributed by atoms with Gasteiger partial charge in [-0.3, -0.25) is 4.79 Å². The molecule has 0 fully saturated rings. The molecule has 140 valence electrons. The fourth-order valence-electron chi connectivity index (χ4n) is 2.26. The van der Waals surface area contributed by atoms with Crippen LogP contribution in [0.5, 0.6) is 17.2 Å². The molecule has 1 N–H and O–H groups in total. The van der Waals surface area contributed by atoms with Crippen LogP contribution in [0, 0.1) is 0 Å². The molecule has 0 bridgehead atoms. The van der Waals surface area contributed by atoms with Crippen molar-refractivity contribution in [2.45, 2.75) is 4.90 Å². The molecule has 7 nitrogen and oxygen atoms in total. The third-order valence-corrected chi connectivity index (χ3v) is 5.01. The van der Waals surface area contributed by atoms with E-state index in [4.69, 9.17) is 14.2 Å². The largest absolute Gasteiger partial charge is 0.497 e. The lowest BCUT2D eigenvalue weighted by Gasteiger charge is -2.11.